The van der Waals surface area contributed by atoms with Crippen molar-refractivity contribution in [2.45, 2.75) is 26.2 Å². The Bertz CT molecular complexity index is 685. The van der Waals surface area contributed by atoms with Crippen molar-refractivity contribution in [3.63, 3.8) is 0 Å². The van der Waals surface area contributed by atoms with Crippen molar-refractivity contribution in [3.8, 4) is 11.5 Å². The van der Waals surface area contributed by atoms with E-state index in [4.69, 9.17) is 9.47 Å². The fourth-order valence-corrected chi connectivity index (χ4v) is 2.23. The van der Waals surface area contributed by atoms with Gasteiger partial charge in [0.05, 0.1) is 19.9 Å². The molecule has 0 bridgehead atoms. The van der Waals surface area contributed by atoms with E-state index in [-0.39, 0.29) is 11.3 Å². The number of carbonyl (C=O) groups excluding carboxylic acids is 1. The van der Waals surface area contributed by atoms with Gasteiger partial charge in [0.1, 0.15) is 11.5 Å². The largest absolute Gasteiger partial charge is 0.497 e. The molecule has 4 nitrogen and oxygen atoms in total. The molecule has 2 rings (SSSR count). The monoisotopic (exact) mass is 313 g/mol. The van der Waals surface area contributed by atoms with E-state index in [1.165, 1.54) is 5.56 Å². The summed E-state index contributed by atoms with van der Waals surface area (Å²) in [5.41, 5.74) is 2.43. The predicted octanol–water partition coefficient (Wildman–Crippen LogP) is 4.25. The lowest BCUT2D eigenvalue weighted by Gasteiger charge is -2.19. The van der Waals surface area contributed by atoms with Crippen LogP contribution in [-0.2, 0) is 5.41 Å². The van der Waals surface area contributed by atoms with Crippen LogP contribution in [0.3, 0.4) is 0 Å². The van der Waals surface area contributed by atoms with E-state index in [0.717, 1.165) is 0 Å². The fraction of sp³-hybridized carbons (Fsp3) is 0.316. The topological polar surface area (TPSA) is 47.6 Å². The quantitative estimate of drug-likeness (QED) is 0.917. The molecule has 0 aromatic heterocycles. The molecule has 0 saturated heterocycles. The number of benzene rings is 2. The lowest BCUT2D eigenvalue weighted by atomic mass is 9.87. The number of rotatable bonds is 4. The Balaban J connectivity index is 2.22. The Kier molecular flexibility index (Phi) is 4.94. The minimum Gasteiger partial charge on any atom is -0.497 e. The molecule has 1 amide bonds. The summed E-state index contributed by atoms with van der Waals surface area (Å²) in [6.45, 7) is 6.43. The van der Waals surface area contributed by atoms with Crippen LogP contribution in [0.25, 0.3) is 0 Å². The Morgan fingerprint density at radius 2 is 1.61 bits per heavy atom. The van der Waals surface area contributed by atoms with Gasteiger partial charge in [-0.15, -0.1) is 0 Å². The van der Waals surface area contributed by atoms with E-state index in [0.29, 0.717) is 22.7 Å². The van der Waals surface area contributed by atoms with Crippen molar-refractivity contribution < 1.29 is 14.3 Å². The molecule has 23 heavy (non-hydrogen) atoms. The molecular formula is C19H23NO3. The van der Waals surface area contributed by atoms with Crippen LogP contribution in [0.1, 0.15) is 36.7 Å². The van der Waals surface area contributed by atoms with Crippen molar-refractivity contribution in [1.29, 1.82) is 0 Å². The first kappa shape index (κ1) is 16.9. The zero-order valence-electron chi connectivity index (χ0n) is 14.3. The highest BCUT2D eigenvalue weighted by molar-refractivity contribution is 6.05. The van der Waals surface area contributed by atoms with Gasteiger partial charge in [-0.3, -0.25) is 4.79 Å². The maximum Gasteiger partial charge on any atom is 0.255 e. The van der Waals surface area contributed by atoms with E-state index in [9.17, 15) is 4.79 Å². The molecule has 122 valence electrons. The summed E-state index contributed by atoms with van der Waals surface area (Å²) >= 11 is 0. The average molecular weight is 313 g/mol. The van der Waals surface area contributed by atoms with Crippen LogP contribution in [-0.4, -0.2) is 20.1 Å². The number of anilines is 1. The van der Waals surface area contributed by atoms with Gasteiger partial charge in [-0.2, -0.15) is 0 Å². The van der Waals surface area contributed by atoms with E-state index < -0.39 is 0 Å². The molecule has 0 atom stereocenters. The van der Waals surface area contributed by atoms with Crippen LogP contribution in [0, 0.1) is 0 Å². The van der Waals surface area contributed by atoms with Gasteiger partial charge in [-0.1, -0.05) is 32.9 Å². The van der Waals surface area contributed by atoms with Crippen molar-refractivity contribution in [1.82, 2.24) is 0 Å². The SMILES string of the molecule is COc1ccc(OC)c(NC(=O)c2ccc(C(C)(C)C)cc2)c1. The molecule has 0 aliphatic heterocycles. The second-order valence-electron chi connectivity index (χ2n) is 6.35. The number of ether oxygens (including phenoxy) is 2. The first-order valence-electron chi connectivity index (χ1n) is 7.49. The van der Waals surface area contributed by atoms with Crippen LogP contribution >= 0.6 is 0 Å². The van der Waals surface area contributed by atoms with Gasteiger partial charge in [0.25, 0.3) is 5.91 Å². The second kappa shape index (κ2) is 6.73. The molecule has 0 heterocycles. The van der Waals surface area contributed by atoms with Gasteiger partial charge in [0.15, 0.2) is 0 Å². The molecule has 2 aromatic carbocycles. The highest BCUT2D eigenvalue weighted by Gasteiger charge is 2.15. The summed E-state index contributed by atoms with van der Waals surface area (Å²) in [4.78, 5) is 12.4. The molecule has 1 N–H and O–H groups in total. The van der Waals surface area contributed by atoms with E-state index >= 15 is 0 Å². The maximum atomic E-state index is 12.4. The molecular weight excluding hydrogens is 290 g/mol. The summed E-state index contributed by atoms with van der Waals surface area (Å²) in [5, 5.41) is 2.87. The second-order valence-corrected chi connectivity index (χ2v) is 6.35. The maximum absolute atomic E-state index is 12.4. The first-order valence-corrected chi connectivity index (χ1v) is 7.49. The fourth-order valence-electron chi connectivity index (χ4n) is 2.23. The normalized spacial score (nSPS) is 11.0. The van der Waals surface area contributed by atoms with Gasteiger partial charge in [-0.05, 0) is 35.2 Å². The summed E-state index contributed by atoms with van der Waals surface area (Å²) < 4.78 is 10.5. The molecule has 0 spiro atoms. The Hall–Kier alpha value is -2.49. The minimum absolute atomic E-state index is 0.0605. The number of nitrogens with one attached hydrogen (secondary N) is 1. The Morgan fingerprint density at radius 3 is 2.13 bits per heavy atom. The Morgan fingerprint density at radius 1 is 0.957 bits per heavy atom. The first-order chi connectivity index (χ1) is 10.8. The molecule has 0 radical (unpaired) electrons. The molecule has 0 unspecified atom stereocenters. The third-order valence-electron chi connectivity index (χ3n) is 3.67. The highest BCUT2D eigenvalue weighted by atomic mass is 16.5. The van der Waals surface area contributed by atoms with Crippen molar-refractivity contribution in [3.05, 3.63) is 53.6 Å². The number of methoxy groups -OCH3 is 2. The molecule has 2 aromatic rings. The van der Waals surface area contributed by atoms with Crippen molar-refractivity contribution in [2.24, 2.45) is 0 Å². The standard InChI is InChI=1S/C19H23NO3/c1-19(2,3)14-8-6-13(7-9-14)18(21)20-16-12-15(22-4)10-11-17(16)23-5/h6-12H,1-5H3,(H,20,21). The van der Waals surface area contributed by atoms with Crippen molar-refractivity contribution in [2.75, 3.05) is 19.5 Å². The van der Waals surface area contributed by atoms with E-state index in [1.807, 2.05) is 24.3 Å². The van der Waals surface area contributed by atoms with Crippen LogP contribution in [0.15, 0.2) is 42.5 Å². The molecule has 0 saturated carbocycles. The summed E-state index contributed by atoms with van der Waals surface area (Å²) in [6, 6.07) is 12.9. The lowest BCUT2D eigenvalue weighted by molar-refractivity contribution is 0.102. The summed E-state index contributed by atoms with van der Waals surface area (Å²) in [5.74, 6) is 1.06. The highest BCUT2D eigenvalue weighted by Crippen LogP contribution is 2.29. The van der Waals surface area contributed by atoms with Gasteiger partial charge in [0, 0.05) is 11.6 Å². The molecule has 0 fully saturated rings. The zero-order chi connectivity index (χ0) is 17.0. The van der Waals surface area contributed by atoms with Crippen LogP contribution < -0.4 is 14.8 Å². The zero-order valence-corrected chi connectivity index (χ0v) is 14.3. The third kappa shape index (κ3) is 4.03. The van der Waals surface area contributed by atoms with Gasteiger partial charge >= 0.3 is 0 Å². The average Bonchev–Trinajstić information content (AvgIpc) is 2.54. The van der Waals surface area contributed by atoms with E-state index in [1.54, 1.807) is 32.4 Å². The minimum atomic E-state index is -0.183. The third-order valence-corrected chi connectivity index (χ3v) is 3.67. The summed E-state index contributed by atoms with van der Waals surface area (Å²) in [7, 11) is 3.15. The van der Waals surface area contributed by atoms with Gasteiger partial charge in [-0.25, -0.2) is 0 Å². The lowest BCUT2D eigenvalue weighted by Crippen LogP contribution is -2.14. The van der Waals surface area contributed by atoms with Crippen LogP contribution in [0.5, 0.6) is 11.5 Å². The van der Waals surface area contributed by atoms with Gasteiger partial charge < -0.3 is 14.8 Å². The van der Waals surface area contributed by atoms with E-state index in [2.05, 4.69) is 26.1 Å². The molecule has 0 aliphatic rings. The van der Waals surface area contributed by atoms with Crippen LogP contribution in [0.4, 0.5) is 5.69 Å². The number of carbonyl (C=O) groups is 1. The molecule has 0 aliphatic carbocycles. The van der Waals surface area contributed by atoms with Crippen molar-refractivity contribution >= 4 is 11.6 Å². The number of hydrogen-bond acceptors (Lipinski definition) is 3. The summed E-state index contributed by atoms with van der Waals surface area (Å²) in [6.07, 6.45) is 0. The smallest absolute Gasteiger partial charge is 0.255 e. The number of amides is 1. The number of hydrogen-bond donors (Lipinski definition) is 1. The Labute approximate surface area is 137 Å². The molecule has 4 heteroatoms. The predicted molar refractivity (Wildman–Crippen MR) is 92.6 cm³/mol. The van der Waals surface area contributed by atoms with Crippen LogP contribution in [0.2, 0.25) is 0 Å². The van der Waals surface area contributed by atoms with Gasteiger partial charge in [0.2, 0.25) is 0 Å².